The molecule has 0 aliphatic heterocycles. The van der Waals surface area contributed by atoms with Crippen molar-refractivity contribution in [1.29, 1.82) is 0 Å². The van der Waals surface area contributed by atoms with Crippen molar-refractivity contribution in [3.05, 3.63) is 28.6 Å². The maximum Gasteiger partial charge on any atom is 0.286 e. The molecule has 0 saturated heterocycles. The molecule has 1 aromatic heterocycles. The van der Waals surface area contributed by atoms with Crippen LogP contribution in [0.1, 0.15) is 0 Å². The Labute approximate surface area is 50.6 Å². The van der Waals surface area contributed by atoms with Gasteiger partial charge >= 0.3 is 0 Å². The third-order valence-electron chi connectivity index (χ3n) is 0.845. The number of nitrogens with zero attached hydrogens (tertiary/aromatic N) is 1. The van der Waals surface area contributed by atoms with Gasteiger partial charge in [0.25, 0.3) is 5.56 Å². The van der Waals surface area contributed by atoms with Crippen LogP contribution in [0.5, 0.6) is 5.88 Å². The van der Waals surface area contributed by atoms with Crippen molar-refractivity contribution >= 4 is 0 Å². The molecule has 0 saturated carbocycles. The van der Waals surface area contributed by atoms with Crippen LogP contribution in [0.15, 0.2) is 16.9 Å². The van der Waals surface area contributed by atoms with Crippen molar-refractivity contribution in [2.45, 2.75) is 0 Å². The van der Waals surface area contributed by atoms with Crippen LogP contribution in [0, 0.1) is 6.07 Å². The van der Waals surface area contributed by atoms with Crippen molar-refractivity contribution in [1.82, 2.24) is 4.73 Å². The first-order valence-corrected chi connectivity index (χ1v) is 2.23. The third kappa shape index (κ3) is 0.861. The van der Waals surface area contributed by atoms with E-state index in [0.717, 1.165) is 12.1 Å². The van der Waals surface area contributed by atoms with E-state index in [4.69, 9.17) is 10.3 Å². The second-order valence-electron chi connectivity index (χ2n) is 1.46. The summed E-state index contributed by atoms with van der Waals surface area (Å²) in [5.74, 6) is -0.512. The highest BCUT2D eigenvalue weighted by molar-refractivity contribution is 5.07. The molecule has 0 spiro atoms. The van der Waals surface area contributed by atoms with Gasteiger partial charge in [-0.05, 0) is 6.07 Å². The highest BCUT2D eigenvalue weighted by atomic mass is 16.5. The van der Waals surface area contributed by atoms with E-state index in [0.29, 0.717) is 0 Å². The predicted octanol–water partition coefficient (Wildman–Crippen LogP) is -0.409. The molecule has 2 N–H and O–H groups in total. The standard InChI is InChI=1S/C5H4NO3/c7-4-2-1-3-5(8)6(4)9/h2-3,7,9H. The maximum atomic E-state index is 10.4. The minimum Gasteiger partial charge on any atom is -0.492 e. The Morgan fingerprint density at radius 3 is 2.67 bits per heavy atom. The van der Waals surface area contributed by atoms with Crippen LogP contribution in [0.4, 0.5) is 0 Å². The summed E-state index contributed by atoms with van der Waals surface area (Å²) >= 11 is 0. The molecular weight excluding hydrogens is 122 g/mol. The number of rotatable bonds is 0. The highest BCUT2D eigenvalue weighted by Gasteiger charge is 1.94. The fraction of sp³-hybridized carbons (Fsp3) is 0. The highest BCUT2D eigenvalue weighted by Crippen LogP contribution is 1.97. The average Bonchev–Trinajstić information content (AvgIpc) is 1.83. The van der Waals surface area contributed by atoms with E-state index < -0.39 is 11.4 Å². The van der Waals surface area contributed by atoms with Crippen molar-refractivity contribution in [3.8, 4) is 5.88 Å². The Morgan fingerprint density at radius 2 is 2.22 bits per heavy atom. The molecule has 4 heteroatoms. The van der Waals surface area contributed by atoms with Gasteiger partial charge in [-0.3, -0.25) is 4.79 Å². The molecule has 1 aromatic rings. The summed E-state index contributed by atoms with van der Waals surface area (Å²) in [6.07, 6.45) is 0. The predicted molar refractivity (Wildman–Crippen MR) is 28.4 cm³/mol. The summed E-state index contributed by atoms with van der Waals surface area (Å²) in [6.45, 7) is 0. The Hall–Kier alpha value is -1.45. The molecule has 0 atom stereocenters. The lowest BCUT2D eigenvalue weighted by Gasteiger charge is -1.94. The van der Waals surface area contributed by atoms with Crippen molar-refractivity contribution in [3.63, 3.8) is 0 Å². The second-order valence-corrected chi connectivity index (χ2v) is 1.46. The largest absolute Gasteiger partial charge is 0.492 e. The number of hydrogen-bond acceptors (Lipinski definition) is 3. The minimum absolute atomic E-state index is 0.135. The second kappa shape index (κ2) is 1.81. The van der Waals surface area contributed by atoms with Crippen molar-refractivity contribution in [2.24, 2.45) is 0 Å². The van der Waals surface area contributed by atoms with E-state index in [2.05, 4.69) is 6.07 Å². The fourth-order valence-electron chi connectivity index (χ4n) is 0.423. The third-order valence-corrected chi connectivity index (χ3v) is 0.845. The van der Waals surface area contributed by atoms with Gasteiger partial charge in [0.05, 0.1) is 0 Å². The van der Waals surface area contributed by atoms with Crippen LogP contribution in [0.25, 0.3) is 0 Å². The molecule has 0 unspecified atom stereocenters. The molecule has 9 heavy (non-hydrogen) atoms. The molecule has 0 fully saturated rings. The van der Waals surface area contributed by atoms with E-state index in [1.54, 1.807) is 0 Å². The SMILES string of the molecule is O=c1c[c]cc(O)n1O. The van der Waals surface area contributed by atoms with Crippen LogP contribution < -0.4 is 5.56 Å². The smallest absolute Gasteiger partial charge is 0.286 e. The average molecular weight is 126 g/mol. The number of aromatic nitrogens is 1. The lowest BCUT2D eigenvalue weighted by atomic mass is 10.5. The summed E-state index contributed by atoms with van der Waals surface area (Å²) in [6, 6.07) is 4.42. The van der Waals surface area contributed by atoms with Crippen molar-refractivity contribution in [2.75, 3.05) is 0 Å². The quantitative estimate of drug-likeness (QED) is 0.464. The summed E-state index contributed by atoms with van der Waals surface area (Å²) in [7, 11) is 0. The molecule has 47 valence electrons. The van der Waals surface area contributed by atoms with Crippen LogP contribution in [-0.4, -0.2) is 15.0 Å². The molecule has 0 bridgehead atoms. The van der Waals surface area contributed by atoms with E-state index in [-0.39, 0.29) is 4.73 Å². The van der Waals surface area contributed by atoms with E-state index in [1.807, 2.05) is 0 Å². The molecule has 4 nitrogen and oxygen atoms in total. The molecule has 0 amide bonds. The van der Waals surface area contributed by atoms with Gasteiger partial charge in [0, 0.05) is 12.1 Å². The molecular formula is C5H4NO3. The van der Waals surface area contributed by atoms with Crippen LogP contribution >= 0.6 is 0 Å². The maximum absolute atomic E-state index is 10.4. The summed E-state index contributed by atoms with van der Waals surface area (Å²) in [4.78, 5) is 10.4. The zero-order chi connectivity index (χ0) is 6.85. The normalized spacial score (nSPS) is 9.33. The van der Waals surface area contributed by atoms with Crippen LogP contribution in [0.3, 0.4) is 0 Å². The molecule has 1 heterocycles. The van der Waals surface area contributed by atoms with Gasteiger partial charge in [-0.1, -0.05) is 0 Å². The summed E-state index contributed by atoms with van der Waals surface area (Å²) < 4.78 is 0.135. The number of aromatic hydroxyl groups is 1. The molecule has 0 aliphatic rings. The van der Waals surface area contributed by atoms with E-state index >= 15 is 0 Å². The fourth-order valence-corrected chi connectivity index (χ4v) is 0.423. The molecule has 0 aromatic carbocycles. The summed E-state index contributed by atoms with van der Waals surface area (Å²) in [5.41, 5.74) is -0.699. The number of hydrogen-bond donors (Lipinski definition) is 2. The van der Waals surface area contributed by atoms with Gasteiger partial charge in [-0.2, -0.15) is 0 Å². The number of pyridine rings is 1. The van der Waals surface area contributed by atoms with E-state index in [9.17, 15) is 4.79 Å². The lowest BCUT2D eigenvalue weighted by Crippen LogP contribution is -2.14. The summed E-state index contributed by atoms with van der Waals surface area (Å²) in [5, 5.41) is 17.1. The first-order valence-electron chi connectivity index (χ1n) is 2.23. The zero-order valence-electron chi connectivity index (χ0n) is 4.40. The van der Waals surface area contributed by atoms with Crippen molar-refractivity contribution < 1.29 is 10.3 Å². The first kappa shape index (κ1) is 5.68. The lowest BCUT2D eigenvalue weighted by molar-refractivity contribution is 0.143. The Morgan fingerprint density at radius 1 is 1.56 bits per heavy atom. The van der Waals surface area contributed by atoms with Gasteiger partial charge < -0.3 is 10.3 Å². The Kier molecular flexibility index (Phi) is 1.14. The Balaban J connectivity index is 3.43. The van der Waals surface area contributed by atoms with Gasteiger partial charge in [0.1, 0.15) is 0 Å². The van der Waals surface area contributed by atoms with Gasteiger partial charge in [0.2, 0.25) is 5.88 Å². The zero-order valence-corrected chi connectivity index (χ0v) is 4.40. The minimum atomic E-state index is -0.699. The monoisotopic (exact) mass is 126 g/mol. The van der Waals surface area contributed by atoms with Crippen LogP contribution in [0.2, 0.25) is 0 Å². The van der Waals surface area contributed by atoms with Crippen LogP contribution in [-0.2, 0) is 0 Å². The first-order chi connectivity index (χ1) is 4.22. The molecule has 0 aliphatic carbocycles. The molecule has 1 rings (SSSR count). The van der Waals surface area contributed by atoms with Gasteiger partial charge in [-0.25, -0.2) is 0 Å². The van der Waals surface area contributed by atoms with Gasteiger partial charge in [-0.15, -0.1) is 4.73 Å². The topological polar surface area (TPSA) is 62.5 Å². The Bertz CT molecular complexity index is 265. The van der Waals surface area contributed by atoms with E-state index in [1.165, 1.54) is 0 Å². The molecule has 1 radical (unpaired) electrons. The van der Waals surface area contributed by atoms with Gasteiger partial charge in [0.15, 0.2) is 0 Å².